The zero-order valence-electron chi connectivity index (χ0n) is 15.8. The molecule has 0 radical (unpaired) electrons. The molecule has 2 aromatic heterocycles. The maximum Gasteiger partial charge on any atom is 0.216 e. The van der Waals surface area contributed by atoms with Gasteiger partial charge in [0.05, 0.1) is 13.4 Å². The van der Waals surface area contributed by atoms with Crippen molar-refractivity contribution >= 4 is 5.96 Å². The van der Waals surface area contributed by atoms with Crippen molar-refractivity contribution in [1.29, 1.82) is 0 Å². The van der Waals surface area contributed by atoms with E-state index in [1.54, 1.807) is 20.4 Å². The quantitative estimate of drug-likeness (QED) is 0.491. The molecular weight excluding hydrogens is 344 g/mol. The van der Waals surface area contributed by atoms with Crippen LogP contribution in [0, 0.1) is 0 Å². The number of furan rings is 1. The van der Waals surface area contributed by atoms with Crippen LogP contribution >= 0.6 is 0 Å². The molecule has 1 aromatic carbocycles. The van der Waals surface area contributed by atoms with Crippen LogP contribution in [-0.4, -0.2) is 53.8 Å². The molecule has 0 bridgehead atoms. The Hall–Kier alpha value is -3.29. The summed E-state index contributed by atoms with van der Waals surface area (Å²) in [5.41, 5.74) is 1.10. The molecule has 0 atom stereocenters. The van der Waals surface area contributed by atoms with E-state index in [-0.39, 0.29) is 0 Å². The third-order valence-corrected chi connectivity index (χ3v) is 4.09. The smallest absolute Gasteiger partial charge is 0.216 e. The second-order valence-corrected chi connectivity index (χ2v) is 5.97. The molecule has 0 saturated heterocycles. The highest BCUT2D eigenvalue weighted by Crippen LogP contribution is 2.18. The molecule has 0 aliphatic carbocycles. The topological polar surface area (TPSA) is 91.6 Å². The van der Waals surface area contributed by atoms with Gasteiger partial charge < -0.3 is 19.4 Å². The van der Waals surface area contributed by atoms with Crippen molar-refractivity contribution in [1.82, 2.24) is 25.4 Å². The highest BCUT2D eigenvalue weighted by Gasteiger charge is 2.11. The van der Waals surface area contributed by atoms with Crippen LogP contribution in [0.15, 0.2) is 52.1 Å². The average Bonchev–Trinajstić information content (AvgIpc) is 3.37. The Morgan fingerprint density at radius 3 is 2.89 bits per heavy atom. The lowest BCUT2D eigenvalue weighted by atomic mass is 10.2. The normalized spacial score (nSPS) is 11.4. The number of methoxy groups -OCH3 is 1. The zero-order valence-corrected chi connectivity index (χ0v) is 15.8. The number of ether oxygens (including phenoxy) is 1. The van der Waals surface area contributed by atoms with Gasteiger partial charge in [-0.05, 0) is 18.2 Å². The van der Waals surface area contributed by atoms with E-state index in [9.17, 15) is 0 Å². The lowest BCUT2D eigenvalue weighted by Crippen LogP contribution is -2.39. The van der Waals surface area contributed by atoms with E-state index in [4.69, 9.17) is 9.15 Å². The first-order valence-corrected chi connectivity index (χ1v) is 8.70. The Morgan fingerprint density at radius 1 is 1.30 bits per heavy atom. The van der Waals surface area contributed by atoms with E-state index in [2.05, 4.69) is 25.5 Å². The third-order valence-electron chi connectivity index (χ3n) is 4.09. The van der Waals surface area contributed by atoms with Gasteiger partial charge in [0.2, 0.25) is 5.82 Å². The summed E-state index contributed by atoms with van der Waals surface area (Å²) in [6, 6.07) is 11.6. The van der Waals surface area contributed by atoms with Crippen molar-refractivity contribution in [2.75, 3.05) is 27.7 Å². The molecule has 2 heterocycles. The van der Waals surface area contributed by atoms with Gasteiger partial charge in [0.15, 0.2) is 11.7 Å². The summed E-state index contributed by atoms with van der Waals surface area (Å²) in [5.74, 6) is 3.67. The number of benzene rings is 1. The molecule has 0 unspecified atom stereocenters. The molecule has 0 fully saturated rings. The summed E-state index contributed by atoms with van der Waals surface area (Å²) < 4.78 is 10.7. The van der Waals surface area contributed by atoms with Gasteiger partial charge in [0.1, 0.15) is 11.6 Å². The summed E-state index contributed by atoms with van der Waals surface area (Å²) in [4.78, 5) is 10.8. The molecule has 8 heteroatoms. The molecule has 0 saturated carbocycles. The number of nitrogens with zero attached hydrogens (tertiary/aromatic N) is 4. The summed E-state index contributed by atoms with van der Waals surface area (Å²) >= 11 is 0. The van der Waals surface area contributed by atoms with Crippen LogP contribution in [-0.2, 0) is 13.0 Å². The Balaban J connectivity index is 1.53. The largest absolute Gasteiger partial charge is 0.496 e. The van der Waals surface area contributed by atoms with Crippen molar-refractivity contribution in [3.8, 4) is 17.3 Å². The van der Waals surface area contributed by atoms with Gasteiger partial charge in [-0.25, -0.2) is 4.98 Å². The SMILES string of the molecule is CN=C(NCCc1nc(-c2ccco2)n[nH]1)N(C)Cc1ccccc1OC. The van der Waals surface area contributed by atoms with Crippen molar-refractivity contribution in [3.63, 3.8) is 0 Å². The number of guanidine groups is 1. The predicted octanol–water partition coefficient (Wildman–Crippen LogP) is 2.32. The van der Waals surface area contributed by atoms with Crippen molar-refractivity contribution in [2.24, 2.45) is 4.99 Å². The number of nitrogens with one attached hydrogen (secondary N) is 2. The molecule has 2 N–H and O–H groups in total. The summed E-state index contributed by atoms with van der Waals surface area (Å²) in [5, 5.41) is 10.5. The fourth-order valence-corrected chi connectivity index (χ4v) is 2.76. The highest BCUT2D eigenvalue weighted by atomic mass is 16.5. The zero-order chi connectivity index (χ0) is 19.1. The molecular formula is C19H24N6O2. The number of para-hydroxylation sites is 1. The number of rotatable bonds is 7. The third kappa shape index (κ3) is 4.66. The minimum absolute atomic E-state index is 0.563. The number of aliphatic imine (C=N–C) groups is 1. The highest BCUT2D eigenvalue weighted by molar-refractivity contribution is 5.79. The number of aromatic nitrogens is 3. The first kappa shape index (κ1) is 18.5. The maximum absolute atomic E-state index is 5.42. The van der Waals surface area contributed by atoms with E-state index in [0.29, 0.717) is 31.1 Å². The van der Waals surface area contributed by atoms with Crippen LogP contribution in [0.2, 0.25) is 0 Å². The van der Waals surface area contributed by atoms with E-state index in [0.717, 1.165) is 23.1 Å². The minimum atomic E-state index is 0.563. The first-order chi connectivity index (χ1) is 13.2. The number of hydrogen-bond donors (Lipinski definition) is 2. The maximum atomic E-state index is 5.42. The summed E-state index contributed by atoms with van der Waals surface area (Å²) in [6.07, 6.45) is 2.30. The molecule has 3 rings (SSSR count). The van der Waals surface area contributed by atoms with Gasteiger partial charge in [-0.2, -0.15) is 5.10 Å². The molecule has 0 aliphatic rings. The molecule has 0 aliphatic heterocycles. The van der Waals surface area contributed by atoms with E-state index in [1.807, 2.05) is 48.3 Å². The van der Waals surface area contributed by atoms with Crippen LogP contribution in [0.25, 0.3) is 11.6 Å². The van der Waals surface area contributed by atoms with Crippen molar-refractivity contribution < 1.29 is 9.15 Å². The Bertz CT molecular complexity index is 872. The molecule has 8 nitrogen and oxygen atoms in total. The summed E-state index contributed by atoms with van der Waals surface area (Å²) in [7, 11) is 5.44. The van der Waals surface area contributed by atoms with Crippen molar-refractivity contribution in [2.45, 2.75) is 13.0 Å². The van der Waals surface area contributed by atoms with Gasteiger partial charge in [0.25, 0.3) is 0 Å². The van der Waals surface area contributed by atoms with E-state index >= 15 is 0 Å². The fraction of sp³-hybridized carbons (Fsp3) is 0.316. The van der Waals surface area contributed by atoms with Crippen LogP contribution in [0.4, 0.5) is 0 Å². The second-order valence-electron chi connectivity index (χ2n) is 5.97. The lowest BCUT2D eigenvalue weighted by Gasteiger charge is -2.23. The predicted molar refractivity (Wildman–Crippen MR) is 104 cm³/mol. The minimum Gasteiger partial charge on any atom is -0.496 e. The Morgan fingerprint density at radius 2 is 2.15 bits per heavy atom. The van der Waals surface area contributed by atoms with Crippen LogP contribution in [0.5, 0.6) is 5.75 Å². The van der Waals surface area contributed by atoms with Gasteiger partial charge in [-0.1, -0.05) is 18.2 Å². The lowest BCUT2D eigenvalue weighted by molar-refractivity contribution is 0.396. The van der Waals surface area contributed by atoms with Gasteiger partial charge in [-0.3, -0.25) is 10.1 Å². The van der Waals surface area contributed by atoms with E-state index in [1.165, 1.54) is 0 Å². The average molecular weight is 368 g/mol. The standard InChI is InChI=1S/C19H24N6O2/c1-20-19(25(2)13-14-7-4-5-8-15(14)26-3)21-11-10-17-22-18(24-23-17)16-9-6-12-27-16/h4-9,12H,10-11,13H2,1-3H3,(H,20,21)(H,22,23,24). The molecule has 0 amide bonds. The van der Waals surface area contributed by atoms with E-state index < -0.39 is 0 Å². The molecule has 27 heavy (non-hydrogen) atoms. The molecule has 3 aromatic rings. The van der Waals surface area contributed by atoms with Crippen LogP contribution < -0.4 is 10.1 Å². The fourth-order valence-electron chi connectivity index (χ4n) is 2.76. The molecule has 142 valence electrons. The first-order valence-electron chi connectivity index (χ1n) is 8.70. The Labute approximate surface area is 158 Å². The number of aromatic amines is 1. The second kappa shape index (κ2) is 8.88. The summed E-state index contributed by atoms with van der Waals surface area (Å²) in [6.45, 7) is 1.37. The van der Waals surface area contributed by atoms with Gasteiger partial charge in [-0.15, -0.1) is 0 Å². The Kier molecular flexibility index (Phi) is 6.09. The van der Waals surface area contributed by atoms with Crippen molar-refractivity contribution in [3.05, 3.63) is 54.0 Å². The molecule has 0 spiro atoms. The number of H-pyrrole nitrogens is 1. The monoisotopic (exact) mass is 368 g/mol. The van der Waals surface area contributed by atoms with Gasteiger partial charge in [0, 0.05) is 39.2 Å². The van der Waals surface area contributed by atoms with Gasteiger partial charge >= 0.3 is 0 Å². The van der Waals surface area contributed by atoms with Crippen LogP contribution in [0.1, 0.15) is 11.4 Å². The van der Waals surface area contributed by atoms with Crippen LogP contribution in [0.3, 0.4) is 0 Å². The number of hydrogen-bond acceptors (Lipinski definition) is 5.